The van der Waals surface area contributed by atoms with E-state index < -0.39 is 0 Å². The summed E-state index contributed by atoms with van der Waals surface area (Å²) in [5, 5.41) is 17.5. The molecule has 0 saturated heterocycles. The minimum absolute atomic E-state index is 0.0301. The Morgan fingerprint density at radius 2 is 1.55 bits per heavy atom. The van der Waals surface area contributed by atoms with Gasteiger partial charge in [-0.15, -0.1) is 0 Å². The number of hydrogen-bond donors (Lipinski definition) is 0. The normalized spacial score (nSPS) is 9.95. The fourth-order valence-corrected chi connectivity index (χ4v) is 1.76. The van der Waals surface area contributed by atoms with Crippen LogP contribution >= 0.6 is 23.2 Å². The second kappa shape index (κ2) is 7.75. The molecule has 4 nitrogen and oxygen atoms in total. The smallest absolute Gasteiger partial charge is 0.147 e. The molecular formula is C16H14Cl2N4. The first kappa shape index (κ1) is 17.9. The molecule has 2 aromatic rings. The lowest BCUT2D eigenvalue weighted by Gasteiger charge is -2.17. The first-order valence-electron chi connectivity index (χ1n) is 6.37. The van der Waals surface area contributed by atoms with E-state index in [1.807, 2.05) is 18.2 Å². The lowest BCUT2D eigenvalue weighted by atomic mass is 9.91. The summed E-state index contributed by atoms with van der Waals surface area (Å²) in [5.74, 6) is 0. The van der Waals surface area contributed by atoms with Crippen molar-refractivity contribution in [2.24, 2.45) is 0 Å². The van der Waals surface area contributed by atoms with Gasteiger partial charge < -0.3 is 0 Å². The van der Waals surface area contributed by atoms with Crippen molar-refractivity contribution in [3.8, 4) is 12.1 Å². The van der Waals surface area contributed by atoms with Gasteiger partial charge in [-0.3, -0.25) is 0 Å². The lowest BCUT2D eigenvalue weighted by Crippen LogP contribution is -2.13. The fourth-order valence-electron chi connectivity index (χ4n) is 1.40. The van der Waals surface area contributed by atoms with E-state index in [9.17, 15) is 0 Å². The van der Waals surface area contributed by atoms with Crippen molar-refractivity contribution in [1.82, 2.24) is 9.97 Å². The van der Waals surface area contributed by atoms with E-state index in [1.54, 1.807) is 24.4 Å². The predicted octanol–water partition coefficient (Wildman–Crippen LogP) is 4.51. The highest BCUT2D eigenvalue weighted by atomic mass is 35.5. The summed E-state index contributed by atoms with van der Waals surface area (Å²) in [4.78, 5) is 7.85. The Kier molecular flexibility index (Phi) is 6.31. The molecule has 0 saturated carbocycles. The average molecular weight is 333 g/mol. The molecular weight excluding hydrogens is 319 g/mol. The van der Waals surface area contributed by atoms with Crippen molar-refractivity contribution in [2.75, 3.05) is 0 Å². The van der Waals surface area contributed by atoms with Gasteiger partial charge in [0.05, 0.1) is 11.1 Å². The van der Waals surface area contributed by atoms with E-state index in [0.717, 1.165) is 5.69 Å². The molecule has 0 N–H and O–H groups in total. The SMILES string of the molecule is CC(C)(C)c1ccc(C#N)c(Cl)n1.N#Cc1cccnc1Cl. The van der Waals surface area contributed by atoms with Crippen molar-refractivity contribution >= 4 is 23.2 Å². The van der Waals surface area contributed by atoms with E-state index in [0.29, 0.717) is 11.1 Å². The quantitative estimate of drug-likeness (QED) is 0.665. The van der Waals surface area contributed by atoms with Crippen LogP contribution in [0.25, 0.3) is 0 Å². The summed E-state index contributed by atoms with van der Waals surface area (Å²) in [6, 6.07) is 10.7. The van der Waals surface area contributed by atoms with Gasteiger partial charge in [-0.2, -0.15) is 10.5 Å². The summed E-state index contributed by atoms with van der Waals surface area (Å²) in [6.45, 7) is 6.16. The highest BCUT2D eigenvalue weighted by Crippen LogP contribution is 2.23. The van der Waals surface area contributed by atoms with E-state index in [-0.39, 0.29) is 15.7 Å². The molecule has 0 aliphatic heterocycles. The molecule has 0 radical (unpaired) electrons. The van der Waals surface area contributed by atoms with Crippen LogP contribution in [0.1, 0.15) is 37.6 Å². The van der Waals surface area contributed by atoms with Gasteiger partial charge >= 0.3 is 0 Å². The molecule has 0 amide bonds. The maximum atomic E-state index is 8.64. The Balaban J connectivity index is 0.000000235. The van der Waals surface area contributed by atoms with Crippen LogP contribution in [0.5, 0.6) is 0 Å². The zero-order valence-electron chi connectivity index (χ0n) is 12.4. The van der Waals surface area contributed by atoms with Crippen molar-refractivity contribution in [3.05, 3.63) is 57.6 Å². The second-order valence-electron chi connectivity index (χ2n) is 5.35. The second-order valence-corrected chi connectivity index (χ2v) is 6.07. The molecule has 0 fully saturated rings. The van der Waals surface area contributed by atoms with Crippen LogP contribution in [0.15, 0.2) is 30.5 Å². The number of rotatable bonds is 0. The Labute approximate surface area is 140 Å². The van der Waals surface area contributed by atoms with Gasteiger partial charge in [0, 0.05) is 17.3 Å². The number of halogens is 2. The van der Waals surface area contributed by atoms with Crippen LogP contribution in [0.2, 0.25) is 10.3 Å². The molecule has 0 aromatic carbocycles. The third-order valence-corrected chi connectivity index (χ3v) is 3.21. The van der Waals surface area contributed by atoms with Gasteiger partial charge in [-0.05, 0) is 24.3 Å². The average Bonchev–Trinajstić information content (AvgIpc) is 2.47. The Morgan fingerprint density at radius 1 is 0.955 bits per heavy atom. The Morgan fingerprint density at radius 3 is 1.95 bits per heavy atom. The third kappa shape index (κ3) is 5.00. The largest absolute Gasteiger partial charge is 0.243 e. The summed E-state index contributed by atoms with van der Waals surface area (Å²) < 4.78 is 0. The van der Waals surface area contributed by atoms with Gasteiger partial charge in [-0.25, -0.2) is 9.97 Å². The van der Waals surface area contributed by atoms with Crippen LogP contribution in [0.3, 0.4) is 0 Å². The fraction of sp³-hybridized carbons (Fsp3) is 0.250. The number of hydrogen-bond acceptors (Lipinski definition) is 4. The number of nitrogens with zero attached hydrogens (tertiary/aromatic N) is 4. The Bertz CT molecular complexity index is 737. The summed E-state index contributed by atoms with van der Waals surface area (Å²) in [6.07, 6.45) is 1.54. The molecule has 2 heterocycles. The number of nitriles is 2. The first-order chi connectivity index (χ1) is 10.3. The van der Waals surface area contributed by atoms with Crippen LogP contribution in [-0.2, 0) is 5.41 Å². The Hall–Kier alpha value is -2.14. The molecule has 0 bridgehead atoms. The number of pyridine rings is 2. The zero-order valence-corrected chi connectivity index (χ0v) is 13.9. The van der Waals surface area contributed by atoms with Crippen LogP contribution < -0.4 is 0 Å². The van der Waals surface area contributed by atoms with E-state index in [2.05, 4.69) is 30.7 Å². The van der Waals surface area contributed by atoms with E-state index in [4.69, 9.17) is 33.7 Å². The van der Waals surface area contributed by atoms with Gasteiger partial charge in [-0.1, -0.05) is 44.0 Å². The van der Waals surface area contributed by atoms with E-state index in [1.165, 1.54) is 0 Å². The van der Waals surface area contributed by atoms with Crippen molar-refractivity contribution in [3.63, 3.8) is 0 Å². The highest BCUT2D eigenvalue weighted by Gasteiger charge is 2.16. The monoisotopic (exact) mass is 332 g/mol. The van der Waals surface area contributed by atoms with Crippen LogP contribution in [-0.4, -0.2) is 9.97 Å². The molecule has 0 unspecified atom stereocenters. The van der Waals surface area contributed by atoms with Gasteiger partial charge in [0.15, 0.2) is 0 Å². The summed E-state index contributed by atoms with van der Waals surface area (Å²) in [5.41, 5.74) is 1.71. The van der Waals surface area contributed by atoms with Crippen molar-refractivity contribution in [2.45, 2.75) is 26.2 Å². The topological polar surface area (TPSA) is 73.4 Å². The standard InChI is InChI=1S/C10H11ClN2.C6H3ClN2/c1-10(2,3)8-5-4-7(6-12)9(11)13-8;7-6-5(4-8)2-1-3-9-6/h4-5H,1-3H3;1-3H. The van der Waals surface area contributed by atoms with Gasteiger partial charge in [0.25, 0.3) is 0 Å². The van der Waals surface area contributed by atoms with Crippen molar-refractivity contribution in [1.29, 1.82) is 10.5 Å². The summed E-state index contributed by atoms with van der Waals surface area (Å²) >= 11 is 11.3. The van der Waals surface area contributed by atoms with Crippen LogP contribution in [0, 0.1) is 22.7 Å². The maximum Gasteiger partial charge on any atom is 0.147 e. The molecule has 2 rings (SSSR count). The molecule has 22 heavy (non-hydrogen) atoms. The molecule has 112 valence electrons. The molecule has 0 aliphatic carbocycles. The minimum Gasteiger partial charge on any atom is -0.243 e. The van der Waals surface area contributed by atoms with Gasteiger partial charge in [0.1, 0.15) is 22.4 Å². The minimum atomic E-state index is -0.0301. The van der Waals surface area contributed by atoms with E-state index >= 15 is 0 Å². The highest BCUT2D eigenvalue weighted by molar-refractivity contribution is 6.30. The molecule has 0 spiro atoms. The molecule has 6 heteroatoms. The van der Waals surface area contributed by atoms with Gasteiger partial charge in [0.2, 0.25) is 0 Å². The maximum absolute atomic E-state index is 8.64. The van der Waals surface area contributed by atoms with Crippen LogP contribution in [0.4, 0.5) is 0 Å². The third-order valence-electron chi connectivity index (χ3n) is 2.62. The molecule has 0 atom stereocenters. The number of aromatic nitrogens is 2. The van der Waals surface area contributed by atoms with Crippen molar-refractivity contribution < 1.29 is 0 Å². The summed E-state index contributed by atoms with van der Waals surface area (Å²) in [7, 11) is 0. The zero-order chi connectivity index (χ0) is 16.8. The lowest BCUT2D eigenvalue weighted by molar-refractivity contribution is 0.569. The molecule has 2 aromatic heterocycles. The first-order valence-corrected chi connectivity index (χ1v) is 7.13. The molecule has 0 aliphatic rings. The predicted molar refractivity (Wildman–Crippen MR) is 86.6 cm³/mol.